The summed E-state index contributed by atoms with van der Waals surface area (Å²) in [4.78, 5) is 12.5. The van der Waals surface area contributed by atoms with Crippen molar-refractivity contribution in [1.29, 1.82) is 0 Å². The van der Waals surface area contributed by atoms with Crippen LogP contribution in [-0.4, -0.2) is 46.1 Å². The molecule has 5 nitrogen and oxygen atoms in total. The van der Waals surface area contributed by atoms with Crippen molar-refractivity contribution < 1.29 is 20.1 Å². The van der Waals surface area contributed by atoms with Crippen molar-refractivity contribution in [3.05, 3.63) is 0 Å². The van der Waals surface area contributed by atoms with E-state index in [9.17, 15) is 20.1 Å². The van der Waals surface area contributed by atoms with Gasteiger partial charge in [-0.2, -0.15) is 0 Å². The van der Waals surface area contributed by atoms with Crippen LogP contribution < -0.4 is 5.32 Å². The molecule has 0 bridgehead atoms. The highest BCUT2D eigenvalue weighted by atomic mass is 16.3. The van der Waals surface area contributed by atoms with E-state index >= 15 is 0 Å². The van der Waals surface area contributed by atoms with Gasteiger partial charge in [-0.15, -0.1) is 0 Å². The zero-order chi connectivity index (χ0) is 38.7. The van der Waals surface area contributed by atoms with Crippen LogP contribution >= 0.6 is 0 Å². The third kappa shape index (κ3) is 39.4. The molecule has 0 aromatic heterocycles. The van der Waals surface area contributed by atoms with Crippen LogP contribution in [-0.2, 0) is 4.79 Å². The van der Waals surface area contributed by atoms with Crippen LogP contribution in [0.4, 0.5) is 0 Å². The van der Waals surface area contributed by atoms with Crippen LogP contribution in [0.1, 0.15) is 277 Å². The summed E-state index contributed by atoms with van der Waals surface area (Å²) in [5, 5.41) is 33.4. The van der Waals surface area contributed by atoms with Gasteiger partial charge in [-0.1, -0.05) is 264 Å². The van der Waals surface area contributed by atoms with Crippen LogP contribution in [0, 0.1) is 0 Å². The summed E-state index contributed by atoms with van der Waals surface area (Å²) in [6.07, 6.45) is 51.1. The Balaban J connectivity index is 3.54. The molecule has 5 heteroatoms. The van der Waals surface area contributed by atoms with E-state index in [-0.39, 0.29) is 6.61 Å². The topological polar surface area (TPSA) is 89.8 Å². The molecule has 0 saturated heterocycles. The van der Waals surface area contributed by atoms with Gasteiger partial charge in [0, 0.05) is 0 Å². The zero-order valence-corrected chi connectivity index (χ0v) is 36.2. The van der Waals surface area contributed by atoms with E-state index in [1.54, 1.807) is 0 Å². The molecule has 0 fully saturated rings. The number of hydrogen-bond acceptors (Lipinski definition) is 4. The van der Waals surface area contributed by atoms with Crippen LogP contribution in [0.25, 0.3) is 0 Å². The van der Waals surface area contributed by atoms with E-state index < -0.39 is 24.2 Å². The minimum absolute atomic E-state index is 0.307. The second kappa shape index (κ2) is 44.1. The lowest BCUT2D eigenvalue weighted by Crippen LogP contribution is -2.49. The molecule has 318 valence electrons. The molecule has 0 rings (SSSR count). The van der Waals surface area contributed by atoms with E-state index in [0.717, 1.165) is 32.1 Å². The van der Waals surface area contributed by atoms with Gasteiger partial charge in [0.1, 0.15) is 6.10 Å². The molecule has 0 aliphatic rings. The first-order chi connectivity index (χ1) is 26.1. The number of hydrogen-bond donors (Lipinski definition) is 4. The summed E-state index contributed by atoms with van der Waals surface area (Å²) in [5.74, 6) is -0.464. The van der Waals surface area contributed by atoms with Crippen LogP contribution in [0.3, 0.4) is 0 Å². The maximum atomic E-state index is 12.5. The molecule has 3 unspecified atom stereocenters. The van der Waals surface area contributed by atoms with E-state index in [0.29, 0.717) is 12.8 Å². The average molecular weight is 752 g/mol. The third-order valence-electron chi connectivity index (χ3n) is 11.7. The molecule has 0 aliphatic heterocycles. The molecular weight excluding hydrogens is 655 g/mol. The van der Waals surface area contributed by atoms with Gasteiger partial charge in [0.2, 0.25) is 5.91 Å². The van der Waals surface area contributed by atoms with Crippen LogP contribution in [0.2, 0.25) is 0 Å². The van der Waals surface area contributed by atoms with Crippen molar-refractivity contribution in [3.8, 4) is 0 Å². The zero-order valence-electron chi connectivity index (χ0n) is 36.2. The second-order valence-corrected chi connectivity index (χ2v) is 17.0. The monoisotopic (exact) mass is 752 g/mol. The number of aliphatic hydroxyl groups is 3. The molecule has 1 amide bonds. The van der Waals surface area contributed by atoms with Gasteiger partial charge < -0.3 is 20.6 Å². The first kappa shape index (κ1) is 52.3. The predicted molar refractivity (Wildman–Crippen MR) is 232 cm³/mol. The molecule has 0 aliphatic carbocycles. The van der Waals surface area contributed by atoms with Crippen molar-refractivity contribution in [1.82, 2.24) is 5.32 Å². The molecular formula is C48H97NO4. The standard InChI is InChI=1S/C48H97NO4/c1-3-5-7-9-11-13-15-17-19-21-23-24-25-27-28-30-32-34-36-38-40-42-46(51)45(44-50)49-48(53)47(52)43-41-39-37-35-33-31-29-26-22-20-18-16-14-12-10-8-6-4-2/h45-47,50-52H,3-44H2,1-2H3,(H,49,53). The van der Waals surface area contributed by atoms with Crippen molar-refractivity contribution in [2.75, 3.05) is 6.61 Å². The van der Waals surface area contributed by atoms with Crippen LogP contribution in [0.5, 0.6) is 0 Å². The fourth-order valence-electron chi connectivity index (χ4n) is 7.90. The smallest absolute Gasteiger partial charge is 0.249 e. The first-order valence-corrected chi connectivity index (χ1v) is 24.3. The Labute approximate surface area is 332 Å². The summed E-state index contributed by atoms with van der Waals surface area (Å²) in [6.45, 7) is 4.26. The number of unbranched alkanes of at least 4 members (excludes halogenated alkanes) is 37. The lowest BCUT2D eigenvalue weighted by Gasteiger charge is -2.23. The molecule has 0 spiro atoms. The fourth-order valence-corrected chi connectivity index (χ4v) is 7.90. The minimum atomic E-state index is -1.07. The van der Waals surface area contributed by atoms with E-state index in [2.05, 4.69) is 19.2 Å². The Morgan fingerprint density at radius 3 is 0.849 bits per heavy atom. The summed E-state index contributed by atoms with van der Waals surface area (Å²) in [6, 6.07) is -0.706. The molecule has 0 heterocycles. The molecule has 53 heavy (non-hydrogen) atoms. The second-order valence-electron chi connectivity index (χ2n) is 17.0. The van der Waals surface area contributed by atoms with E-state index in [4.69, 9.17) is 0 Å². The maximum absolute atomic E-state index is 12.5. The maximum Gasteiger partial charge on any atom is 0.249 e. The van der Waals surface area contributed by atoms with Crippen LogP contribution in [0.15, 0.2) is 0 Å². The van der Waals surface area contributed by atoms with Gasteiger partial charge >= 0.3 is 0 Å². The first-order valence-electron chi connectivity index (χ1n) is 24.3. The largest absolute Gasteiger partial charge is 0.394 e. The Morgan fingerprint density at radius 1 is 0.377 bits per heavy atom. The van der Waals surface area contributed by atoms with Gasteiger partial charge in [0.25, 0.3) is 0 Å². The molecule has 0 aromatic rings. The van der Waals surface area contributed by atoms with Gasteiger partial charge in [0.05, 0.1) is 18.8 Å². The normalized spacial score (nSPS) is 13.4. The van der Waals surface area contributed by atoms with E-state index in [1.807, 2.05) is 0 Å². The van der Waals surface area contributed by atoms with Crippen molar-refractivity contribution in [2.24, 2.45) is 0 Å². The van der Waals surface area contributed by atoms with Crippen molar-refractivity contribution >= 4 is 5.91 Å². The van der Waals surface area contributed by atoms with Gasteiger partial charge in [0.15, 0.2) is 0 Å². The van der Waals surface area contributed by atoms with Crippen molar-refractivity contribution in [3.63, 3.8) is 0 Å². The highest BCUT2D eigenvalue weighted by molar-refractivity contribution is 5.80. The van der Waals surface area contributed by atoms with Gasteiger partial charge in [-0.25, -0.2) is 0 Å². The molecule has 0 saturated carbocycles. The number of amides is 1. The third-order valence-corrected chi connectivity index (χ3v) is 11.7. The summed E-state index contributed by atoms with van der Waals surface area (Å²) < 4.78 is 0. The quantitative estimate of drug-likeness (QED) is 0.0466. The van der Waals surface area contributed by atoms with Gasteiger partial charge in [-0.05, 0) is 12.8 Å². The summed E-state index contributed by atoms with van der Waals surface area (Å²) in [5.41, 5.74) is 0. The Hall–Kier alpha value is -0.650. The number of carbonyl (C=O) groups is 1. The molecule has 0 aromatic carbocycles. The lowest BCUT2D eigenvalue weighted by molar-refractivity contribution is -0.131. The lowest BCUT2D eigenvalue weighted by atomic mass is 10.0. The molecule has 0 radical (unpaired) electrons. The fraction of sp³-hybridized carbons (Fsp3) is 0.979. The summed E-state index contributed by atoms with van der Waals surface area (Å²) in [7, 11) is 0. The van der Waals surface area contributed by atoms with Crippen molar-refractivity contribution in [2.45, 2.75) is 295 Å². The Kier molecular flexibility index (Phi) is 43.5. The average Bonchev–Trinajstić information content (AvgIpc) is 3.16. The number of aliphatic hydroxyl groups excluding tert-OH is 3. The number of rotatable bonds is 45. The van der Waals surface area contributed by atoms with Gasteiger partial charge in [-0.3, -0.25) is 4.79 Å². The molecule has 4 N–H and O–H groups in total. The minimum Gasteiger partial charge on any atom is -0.394 e. The highest BCUT2D eigenvalue weighted by Crippen LogP contribution is 2.18. The SMILES string of the molecule is CCCCCCCCCCCCCCCCCCCCCCCC(O)C(CO)NC(=O)C(O)CCCCCCCCCCCCCCCCCCCC. The highest BCUT2D eigenvalue weighted by Gasteiger charge is 2.23. The predicted octanol–water partition coefficient (Wildman–Crippen LogP) is 14.2. The number of nitrogens with one attached hydrogen (secondary N) is 1. The Bertz CT molecular complexity index is 703. The molecule has 3 atom stereocenters. The van der Waals surface area contributed by atoms with E-state index in [1.165, 1.54) is 218 Å². The summed E-state index contributed by atoms with van der Waals surface area (Å²) >= 11 is 0. The Morgan fingerprint density at radius 2 is 0.604 bits per heavy atom. The number of carbonyl (C=O) groups excluding carboxylic acids is 1.